The number of hydrogen-bond donors (Lipinski definition) is 1. The van der Waals surface area contributed by atoms with E-state index in [0.717, 1.165) is 22.3 Å². The molecule has 0 saturated carbocycles. The molecule has 1 heterocycles. The fourth-order valence-corrected chi connectivity index (χ4v) is 4.67. The first-order chi connectivity index (χ1) is 20.9. The second-order valence-corrected chi connectivity index (χ2v) is 9.61. The lowest BCUT2D eigenvalue weighted by atomic mass is 10.1. The normalized spacial score (nSPS) is 10.5. The summed E-state index contributed by atoms with van der Waals surface area (Å²) in [6.45, 7) is 3.80. The van der Waals surface area contributed by atoms with Crippen molar-refractivity contribution in [3.8, 4) is 34.1 Å². The lowest BCUT2D eigenvalue weighted by Gasteiger charge is -2.23. The van der Waals surface area contributed by atoms with E-state index in [-0.39, 0.29) is 5.95 Å². The maximum Gasteiger partial charge on any atom is 0.425 e. The predicted octanol–water partition coefficient (Wildman–Crippen LogP) is 7.87. The molecule has 43 heavy (non-hydrogen) atoms. The van der Waals surface area contributed by atoms with Crippen LogP contribution in [0.2, 0.25) is 0 Å². The fraction of sp³-hybridized carbons (Fsp3) is 0.147. The van der Waals surface area contributed by atoms with Crippen molar-refractivity contribution in [2.45, 2.75) is 13.8 Å². The van der Waals surface area contributed by atoms with Crippen molar-refractivity contribution in [1.82, 2.24) is 9.97 Å². The number of amides is 1. The zero-order valence-electron chi connectivity index (χ0n) is 24.6. The molecule has 9 nitrogen and oxygen atoms in total. The minimum atomic E-state index is -0.609. The monoisotopic (exact) mass is 576 g/mol. The first kappa shape index (κ1) is 28.9. The Kier molecular flexibility index (Phi) is 8.71. The maximum atomic E-state index is 13.9. The minimum Gasteiger partial charge on any atom is -0.493 e. The molecule has 1 amide bonds. The van der Waals surface area contributed by atoms with Gasteiger partial charge in [-0.2, -0.15) is 4.98 Å². The molecule has 4 aromatic carbocycles. The zero-order chi connectivity index (χ0) is 30.3. The third-order valence-corrected chi connectivity index (χ3v) is 6.80. The van der Waals surface area contributed by atoms with E-state index in [1.807, 2.05) is 86.6 Å². The molecule has 0 radical (unpaired) electrons. The van der Waals surface area contributed by atoms with Crippen molar-refractivity contribution in [1.29, 1.82) is 0 Å². The second-order valence-electron chi connectivity index (χ2n) is 9.61. The van der Waals surface area contributed by atoms with Crippen LogP contribution in [0.15, 0.2) is 97.2 Å². The van der Waals surface area contributed by atoms with E-state index < -0.39 is 6.09 Å². The molecule has 1 aromatic heterocycles. The van der Waals surface area contributed by atoms with Crippen LogP contribution in [0.4, 0.5) is 27.9 Å². The Hall–Kier alpha value is -5.57. The molecular formula is C34H32N4O5. The molecule has 9 heteroatoms. The molecule has 0 saturated heterocycles. The Morgan fingerprint density at radius 1 is 0.721 bits per heavy atom. The van der Waals surface area contributed by atoms with Crippen molar-refractivity contribution < 1.29 is 23.7 Å². The third-order valence-electron chi connectivity index (χ3n) is 6.80. The number of para-hydroxylation sites is 1. The molecule has 0 atom stereocenters. The largest absolute Gasteiger partial charge is 0.493 e. The summed E-state index contributed by atoms with van der Waals surface area (Å²) in [5.74, 6) is 2.47. The smallest absolute Gasteiger partial charge is 0.425 e. The molecule has 0 aliphatic heterocycles. The Morgan fingerprint density at radius 3 is 1.95 bits per heavy atom. The van der Waals surface area contributed by atoms with Crippen molar-refractivity contribution in [3.63, 3.8) is 0 Å². The van der Waals surface area contributed by atoms with Gasteiger partial charge in [-0.15, -0.1) is 0 Å². The Morgan fingerprint density at radius 2 is 1.35 bits per heavy atom. The van der Waals surface area contributed by atoms with E-state index in [1.54, 1.807) is 45.7 Å². The van der Waals surface area contributed by atoms with Crippen molar-refractivity contribution in [3.05, 3.63) is 108 Å². The predicted molar refractivity (Wildman–Crippen MR) is 167 cm³/mol. The highest BCUT2D eigenvalue weighted by Gasteiger charge is 2.24. The SMILES string of the molecule is COc1cc(Nc2nccc(N(C(=O)Oc3c(C)cccc3C)c3ccc(-c4ccccc4)cc3)n2)cc(OC)c1OC. The summed E-state index contributed by atoms with van der Waals surface area (Å²) >= 11 is 0. The molecule has 218 valence electrons. The number of carbonyl (C=O) groups is 1. The van der Waals surface area contributed by atoms with Crippen LogP contribution < -0.4 is 29.2 Å². The van der Waals surface area contributed by atoms with Gasteiger partial charge in [-0.05, 0) is 48.2 Å². The number of ether oxygens (including phenoxy) is 4. The van der Waals surface area contributed by atoms with Crippen LogP contribution in [0.1, 0.15) is 11.1 Å². The van der Waals surface area contributed by atoms with E-state index in [0.29, 0.717) is 40.2 Å². The van der Waals surface area contributed by atoms with Gasteiger partial charge in [0.2, 0.25) is 11.7 Å². The summed E-state index contributed by atoms with van der Waals surface area (Å²) in [4.78, 5) is 24.3. The molecular weight excluding hydrogens is 544 g/mol. The number of benzene rings is 4. The van der Waals surface area contributed by atoms with Crippen molar-refractivity contribution in [2.24, 2.45) is 0 Å². The number of carbonyl (C=O) groups excluding carboxylic acids is 1. The van der Waals surface area contributed by atoms with E-state index in [1.165, 1.54) is 4.90 Å². The van der Waals surface area contributed by atoms with E-state index in [4.69, 9.17) is 18.9 Å². The Balaban J connectivity index is 1.52. The summed E-state index contributed by atoms with van der Waals surface area (Å²) < 4.78 is 22.3. The lowest BCUT2D eigenvalue weighted by molar-refractivity contribution is 0.209. The van der Waals surface area contributed by atoms with Gasteiger partial charge in [-0.1, -0.05) is 60.7 Å². The average molecular weight is 577 g/mol. The number of rotatable bonds is 9. The fourth-order valence-electron chi connectivity index (χ4n) is 4.67. The number of nitrogens with zero attached hydrogens (tertiary/aromatic N) is 3. The van der Waals surface area contributed by atoms with Crippen LogP contribution in [0.25, 0.3) is 11.1 Å². The van der Waals surface area contributed by atoms with Gasteiger partial charge < -0.3 is 24.3 Å². The van der Waals surface area contributed by atoms with Gasteiger partial charge in [0.15, 0.2) is 11.5 Å². The van der Waals surface area contributed by atoms with Gasteiger partial charge in [0.05, 0.1) is 27.0 Å². The lowest BCUT2D eigenvalue weighted by Crippen LogP contribution is -2.30. The molecule has 0 aliphatic rings. The van der Waals surface area contributed by atoms with E-state index in [9.17, 15) is 4.79 Å². The highest BCUT2D eigenvalue weighted by atomic mass is 16.6. The third kappa shape index (κ3) is 6.36. The second kappa shape index (κ2) is 12.9. The molecule has 0 spiro atoms. The first-order valence-corrected chi connectivity index (χ1v) is 13.6. The minimum absolute atomic E-state index is 0.248. The molecule has 0 aliphatic carbocycles. The summed E-state index contributed by atoms with van der Waals surface area (Å²) in [5, 5.41) is 3.17. The van der Waals surface area contributed by atoms with E-state index in [2.05, 4.69) is 15.3 Å². The molecule has 5 rings (SSSR count). The molecule has 0 unspecified atom stereocenters. The number of hydrogen-bond acceptors (Lipinski definition) is 8. The maximum absolute atomic E-state index is 13.9. The number of anilines is 4. The Bertz CT molecular complexity index is 1680. The van der Waals surface area contributed by atoms with E-state index >= 15 is 0 Å². The molecule has 0 bridgehead atoms. The van der Waals surface area contributed by atoms with Crippen LogP contribution in [0.5, 0.6) is 23.0 Å². The van der Waals surface area contributed by atoms with Gasteiger partial charge >= 0.3 is 6.09 Å². The van der Waals surface area contributed by atoms with Crippen molar-refractivity contribution in [2.75, 3.05) is 31.5 Å². The van der Waals surface area contributed by atoms with Crippen LogP contribution in [-0.4, -0.2) is 37.4 Å². The highest BCUT2D eigenvalue weighted by Crippen LogP contribution is 2.40. The number of aryl methyl sites for hydroxylation is 2. The Labute approximate surface area is 250 Å². The van der Waals surface area contributed by atoms with Crippen LogP contribution in [-0.2, 0) is 0 Å². The molecule has 0 fully saturated rings. The number of nitrogens with one attached hydrogen (secondary N) is 1. The number of methoxy groups -OCH3 is 3. The highest BCUT2D eigenvalue weighted by molar-refractivity contribution is 5.96. The van der Waals surface area contributed by atoms with Gasteiger partial charge in [-0.3, -0.25) is 0 Å². The van der Waals surface area contributed by atoms with Crippen LogP contribution in [0.3, 0.4) is 0 Å². The topological polar surface area (TPSA) is 95.0 Å². The summed E-state index contributed by atoms with van der Waals surface area (Å²) in [6.07, 6.45) is 0.961. The van der Waals surface area contributed by atoms with Crippen molar-refractivity contribution >= 4 is 29.2 Å². The number of aromatic nitrogens is 2. The zero-order valence-corrected chi connectivity index (χ0v) is 24.6. The quantitative estimate of drug-likeness (QED) is 0.189. The van der Waals surface area contributed by atoms with Crippen LogP contribution >= 0.6 is 0 Å². The standard InChI is InChI=1S/C34H32N4O5/c1-22-10-9-11-23(2)31(22)43-34(39)38(27-16-14-25(15-17-27)24-12-7-6-8-13-24)30-18-19-35-33(37-30)36-26-20-28(40-3)32(42-5)29(21-26)41-4/h6-21H,1-5H3,(H,35,36,37). The van der Waals surface area contributed by atoms with Gasteiger partial charge in [-0.25, -0.2) is 14.7 Å². The average Bonchev–Trinajstić information content (AvgIpc) is 3.03. The summed E-state index contributed by atoms with van der Waals surface area (Å²) in [6, 6.07) is 28.5. The van der Waals surface area contributed by atoms with Gasteiger partial charge in [0.25, 0.3) is 0 Å². The molecule has 5 aromatic rings. The van der Waals surface area contributed by atoms with Gasteiger partial charge in [0, 0.05) is 30.1 Å². The van der Waals surface area contributed by atoms with Gasteiger partial charge in [0.1, 0.15) is 11.6 Å². The first-order valence-electron chi connectivity index (χ1n) is 13.6. The molecule has 1 N–H and O–H groups in total. The summed E-state index contributed by atoms with van der Waals surface area (Å²) in [7, 11) is 4.63. The van der Waals surface area contributed by atoms with Crippen LogP contribution in [0, 0.1) is 13.8 Å². The summed E-state index contributed by atoms with van der Waals surface area (Å²) in [5.41, 5.74) is 4.95.